The Balaban J connectivity index is 2.88. The lowest BCUT2D eigenvalue weighted by molar-refractivity contribution is 1.01. The van der Waals surface area contributed by atoms with Gasteiger partial charge in [0.2, 0.25) is 5.96 Å². The topological polar surface area (TPSA) is 80.8 Å². The van der Waals surface area contributed by atoms with Gasteiger partial charge in [-0.15, -0.1) is 0 Å². The second-order valence-corrected chi connectivity index (χ2v) is 2.27. The summed E-state index contributed by atoms with van der Waals surface area (Å²) in [6.45, 7) is 6.72. The zero-order valence-electron chi connectivity index (χ0n) is 6.86. The minimum atomic E-state index is 0.135. The molecule has 0 amide bonds. The summed E-state index contributed by atoms with van der Waals surface area (Å²) in [4.78, 5) is 7.15. The van der Waals surface area contributed by atoms with Crippen LogP contribution in [0.2, 0.25) is 0 Å². The number of nitrogens with zero attached hydrogens (tertiary/aromatic N) is 2. The van der Waals surface area contributed by atoms with Crippen LogP contribution >= 0.6 is 0 Å². The minimum Gasteiger partial charge on any atom is -0.369 e. The average Bonchev–Trinajstić information content (AvgIpc) is 2.19. The summed E-state index contributed by atoms with van der Waals surface area (Å²) < 4.78 is 0. The molecule has 0 aliphatic heterocycles. The first-order valence-corrected chi connectivity index (χ1v) is 3.54. The van der Waals surface area contributed by atoms with Gasteiger partial charge in [0.05, 0.1) is 12.3 Å². The summed E-state index contributed by atoms with van der Waals surface area (Å²) in [7, 11) is 0. The van der Waals surface area contributed by atoms with E-state index >= 15 is 0 Å². The predicted octanol–water partition coefficient (Wildman–Crippen LogP) is 0.647. The van der Waals surface area contributed by atoms with Crippen molar-refractivity contribution in [2.24, 2.45) is 16.6 Å². The van der Waals surface area contributed by atoms with Crippen molar-refractivity contribution in [3.8, 4) is 0 Å². The molecule has 0 heterocycles. The standard InChI is InChI=1S/C8H9N5/c1-11-6-2-4-7(5-3-6)12-8(9)13-10/h2-5H,10H2,(H3,9,12,13). The van der Waals surface area contributed by atoms with Gasteiger partial charge in [-0.05, 0) is 12.1 Å². The van der Waals surface area contributed by atoms with Gasteiger partial charge in [-0.3, -0.25) is 5.43 Å². The SMILES string of the molecule is [C-]#[N+]c1ccc(N=C(N)NN)cc1. The Labute approximate surface area is 75.9 Å². The Kier molecular flexibility index (Phi) is 2.84. The van der Waals surface area contributed by atoms with Crippen molar-refractivity contribution in [2.75, 3.05) is 0 Å². The van der Waals surface area contributed by atoms with E-state index in [4.69, 9.17) is 18.1 Å². The highest BCUT2D eigenvalue weighted by Gasteiger charge is 1.92. The summed E-state index contributed by atoms with van der Waals surface area (Å²) in [5.74, 6) is 5.16. The van der Waals surface area contributed by atoms with Crippen LogP contribution in [0, 0.1) is 6.57 Å². The summed E-state index contributed by atoms with van der Waals surface area (Å²) >= 11 is 0. The van der Waals surface area contributed by atoms with Crippen LogP contribution in [0.3, 0.4) is 0 Å². The molecule has 66 valence electrons. The second kappa shape index (κ2) is 4.09. The number of rotatable bonds is 1. The number of hydrazine groups is 1. The van der Waals surface area contributed by atoms with E-state index in [1.165, 1.54) is 0 Å². The van der Waals surface area contributed by atoms with E-state index in [1.807, 2.05) is 0 Å². The van der Waals surface area contributed by atoms with Crippen molar-refractivity contribution in [3.63, 3.8) is 0 Å². The van der Waals surface area contributed by atoms with E-state index in [0.717, 1.165) is 0 Å². The van der Waals surface area contributed by atoms with Crippen LogP contribution in [0.5, 0.6) is 0 Å². The Morgan fingerprint density at radius 2 is 2.00 bits per heavy atom. The lowest BCUT2D eigenvalue weighted by atomic mass is 10.3. The highest BCUT2D eigenvalue weighted by atomic mass is 15.3. The van der Waals surface area contributed by atoms with Crippen LogP contribution in [0.4, 0.5) is 11.4 Å². The summed E-state index contributed by atoms with van der Waals surface area (Å²) in [6.07, 6.45) is 0. The minimum absolute atomic E-state index is 0.135. The molecule has 0 unspecified atom stereocenters. The van der Waals surface area contributed by atoms with Gasteiger partial charge in [-0.2, -0.15) is 0 Å². The molecular formula is C8H9N5. The highest BCUT2D eigenvalue weighted by molar-refractivity contribution is 5.80. The molecule has 0 aliphatic rings. The molecule has 1 rings (SSSR count). The van der Waals surface area contributed by atoms with Crippen molar-refractivity contribution < 1.29 is 0 Å². The van der Waals surface area contributed by atoms with Gasteiger partial charge in [-0.25, -0.2) is 15.7 Å². The lowest BCUT2D eigenvalue weighted by Crippen LogP contribution is -2.36. The van der Waals surface area contributed by atoms with Gasteiger partial charge in [0.1, 0.15) is 0 Å². The fraction of sp³-hybridized carbons (Fsp3) is 0. The fourth-order valence-electron chi connectivity index (χ4n) is 0.773. The fourth-order valence-corrected chi connectivity index (χ4v) is 0.773. The monoisotopic (exact) mass is 175 g/mol. The Morgan fingerprint density at radius 3 is 2.46 bits per heavy atom. The molecule has 1 aromatic rings. The zero-order valence-corrected chi connectivity index (χ0v) is 6.86. The van der Waals surface area contributed by atoms with Crippen molar-refractivity contribution in [2.45, 2.75) is 0 Å². The van der Waals surface area contributed by atoms with E-state index in [2.05, 4.69) is 15.3 Å². The molecule has 0 atom stereocenters. The number of hydrogen-bond donors (Lipinski definition) is 3. The van der Waals surface area contributed by atoms with E-state index in [1.54, 1.807) is 24.3 Å². The van der Waals surface area contributed by atoms with Crippen LogP contribution in [0.1, 0.15) is 0 Å². The third kappa shape index (κ3) is 2.47. The van der Waals surface area contributed by atoms with E-state index in [-0.39, 0.29) is 5.96 Å². The smallest absolute Gasteiger partial charge is 0.208 e. The Hall–Kier alpha value is -2.06. The van der Waals surface area contributed by atoms with Crippen molar-refractivity contribution >= 4 is 17.3 Å². The highest BCUT2D eigenvalue weighted by Crippen LogP contribution is 2.17. The van der Waals surface area contributed by atoms with Crippen molar-refractivity contribution in [3.05, 3.63) is 35.7 Å². The first-order valence-electron chi connectivity index (χ1n) is 3.54. The van der Waals surface area contributed by atoms with Gasteiger partial charge in [0, 0.05) is 0 Å². The normalized spacial score (nSPS) is 10.6. The van der Waals surface area contributed by atoms with E-state index < -0.39 is 0 Å². The maximum Gasteiger partial charge on any atom is 0.208 e. The molecule has 5 nitrogen and oxygen atoms in total. The van der Waals surface area contributed by atoms with Gasteiger partial charge in [0.25, 0.3) is 0 Å². The van der Waals surface area contributed by atoms with Gasteiger partial charge >= 0.3 is 0 Å². The van der Waals surface area contributed by atoms with Crippen molar-refractivity contribution in [1.29, 1.82) is 0 Å². The molecule has 0 aliphatic carbocycles. The number of hydrogen-bond acceptors (Lipinski definition) is 2. The predicted molar refractivity (Wildman–Crippen MR) is 51.3 cm³/mol. The summed E-state index contributed by atoms with van der Waals surface area (Å²) in [5.41, 5.74) is 8.76. The van der Waals surface area contributed by atoms with Crippen LogP contribution < -0.4 is 17.0 Å². The molecule has 0 spiro atoms. The molecule has 0 saturated carbocycles. The van der Waals surface area contributed by atoms with Crippen LogP contribution in [-0.2, 0) is 0 Å². The maximum absolute atomic E-state index is 6.72. The van der Waals surface area contributed by atoms with Crippen LogP contribution in [0.25, 0.3) is 4.85 Å². The number of benzene rings is 1. The molecule has 0 aromatic heterocycles. The maximum atomic E-state index is 6.72. The molecule has 0 fully saturated rings. The van der Waals surface area contributed by atoms with Gasteiger partial charge < -0.3 is 5.73 Å². The number of aliphatic imine (C=N–C) groups is 1. The largest absolute Gasteiger partial charge is 0.369 e. The molecule has 13 heavy (non-hydrogen) atoms. The molecule has 5 N–H and O–H groups in total. The third-order valence-corrected chi connectivity index (χ3v) is 1.38. The molecule has 1 aromatic carbocycles. The summed E-state index contributed by atoms with van der Waals surface area (Å²) in [6, 6.07) is 6.71. The van der Waals surface area contributed by atoms with Crippen LogP contribution in [0.15, 0.2) is 29.3 Å². The first-order chi connectivity index (χ1) is 6.26. The molecule has 0 radical (unpaired) electrons. The number of nitrogens with one attached hydrogen (secondary N) is 1. The molecular weight excluding hydrogens is 166 g/mol. The first kappa shape index (κ1) is 9.03. The van der Waals surface area contributed by atoms with Gasteiger partial charge in [0.15, 0.2) is 5.69 Å². The lowest BCUT2D eigenvalue weighted by Gasteiger charge is -1.97. The molecule has 0 bridgehead atoms. The zero-order chi connectivity index (χ0) is 9.68. The second-order valence-electron chi connectivity index (χ2n) is 2.27. The quantitative estimate of drug-likeness (QED) is 0.193. The summed E-state index contributed by atoms with van der Waals surface area (Å²) in [5, 5.41) is 0. The van der Waals surface area contributed by atoms with Crippen LogP contribution in [-0.4, -0.2) is 5.96 Å². The molecule has 5 heteroatoms. The average molecular weight is 175 g/mol. The Bertz CT molecular complexity index is 346. The Morgan fingerprint density at radius 1 is 1.38 bits per heavy atom. The molecule has 0 saturated heterocycles. The third-order valence-electron chi connectivity index (χ3n) is 1.38. The van der Waals surface area contributed by atoms with E-state index in [9.17, 15) is 0 Å². The van der Waals surface area contributed by atoms with Gasteiger partial charge in [-0.1, -0.05) is 12.1 Å². The van der Waals surface area contributed by atoms with Crippen molar-refractivity contribution in [1.82, 2.24) is 5.43 Å². The number of guanidine groups is 1. The van der Waals surface area contributed by atoms with E-state index in [0.29, 0.717) is 11.4 Å². The number of nitrogens with two attached hydrogens (primary N) is 2.